The molecular weight excluding hydrogens is 244 g/mol. The number of aromatic amines is 2. The Morgan fingerprint density at radius 2 is 1.89 bits per heavy atom. The van der Waals surface area contributed by atoms with Crippen molar-refractivity contribution >= 4 is 5.97 Å². The van der Waals surface area contributed by atoms with Crippen molar-refractivity contribution in [3.05, 3.63) is 57.5 Å². The van der Waals surface area contributed by atoms with Crippen LogP contribution in [0, 0.1) is 0 Å². The third-order valence-corrected chi connectivity index (χ3v) is 2.84. The molecule has 5 nitrogen and oxygen atoms in total. The van der Waals surface area contributed by atoms with Crippen LogP contribution in [0.15, 0.2) is 35.1 Å². The number of nitrogens with one attached hydrogen (secondary N) is 2. The minimum absolute atomic E-state index is 0.0813. The highest BCUT2D eigenvalue weighted by Gasteiger charge is 2.18. The van der Waals surface area contributed by atoms with E-state index in [1.54, 1.807) is 6.92 Å². The van der Waals surface area contributed by atoms with Gasteiger partial charge in [0, 0.05) is 0 Å². The van der Waals surface area contributed by atoms with Crippen LogP contribution in [0.5, 0.6) is 0 Å². The summed E-state index contributed by atoms with van der Waals surface area (Å²) in [7, 11) is 0. The van der Waals surface area contributed by atoms with Crippen molar-refractivity contribution in [1.29, 1.82) is 0 Å². The first-order valence-corrected chi connectivity index (χ1v) is 6.23. The average Bonchev–Trinajstić information content (AvgIpc) is 2.79. The lowest BCUT2D eigenvalue weighted by Gasteiger charge is -2.03. The van der Waals surface area contributed by atoms with Crippen LogP contribution in [0.3, 0.4) is 0 Å². The Labute approximate surface area is 110 Å². The molecule has 0 aliphatic rings. The van der Waals surface area contributed by atoms with Crippen LogP contribution in [0.25, 0.3) is 0 Å². The van der Waals surface area contributed by atoms with Crippen molar-refractivity contribution in [2.45, 2.75) is 19.8 Å². The number of aromatic nitrogens is 2. The topological polar surface area (TPSA) is 75.0 Å². The summed E-state index contributed by atoms with van der Waals surface area (Å²) in [4.78, 5) is 23.3. The Balaban J connectivity index is 2.13. The number of rotatable bonds is 5. The molecule has 0 fully saturated rings. The van der Waals surface area contributed by atoms with E-state index in [1.807, 2.05) is 30.3 Å². The molecule has 5 heteroatoms. The molecule has 0 spiro atoms. The standard InChI is InChI=1S/C14H16N2O3/c1-2-19-14(18)12-11(15-16-13(12)17)9-8-10-6-4-3-5-7-10/h3-7H,2,8-9H2,1H3,(H2,15,16,17). The molecule has 0 saturated carbocycles. The zero-order valence-corrected chi connectivity index (χ0v) is 10.7. The van der Waals surface area contributed by atoms with Crippen LogP contribution in [-0.2, 0) is 17.6 Å². The summed E-state index contributed by atoms with van der Waals surface area (Å²) in [6, 6.07) is 9.89. The smallest absolute Gasteiger partial charge is 0.345 e. The first kappa shape index (κ1) is 13.1. The fraction of sp³-hybridized carbons (Fsp3) is 0.286. The van der Waals surface area contributed by atoms with Gasteiger partial charge in [-0.1, -0.05) is 30.3 Å². The van der Waals surface area contributed by atoms with Gasteiger partial charge >= 0.3 is 5.97 Å². The van der Waals surface area contributed by atoms with Crippen LogP contribution >= 0.6 is 0 Å². The Kier molecular flexibility index (Phi) is 4.18. The van der Waals surface area contributed by atoms with Crippen LogP contribution < -0.4 is 5.56 Å². The average molecular weight is 260 g/mol. The Bertz CT molecular complexity index is 599. The molecule has 0 atom stereocenters. The van der Waals surface area contributed by atoms with Crippen molar-refractivity contribution in [2.24, 2.45) is 0 Å². The van der Waals surface area contributed by atoms with E-state index in [1.165, 1.54) is 0 Å². The molecule has 0 bridgehead atoms. The number of benzene rings is 1. The third-order valence-electron chi connectivity index (χ3n) is 2.84. The van der Waals surface area contributed by atoms with Gasteiger partial charge in [-0.2, -0.15) is 0 Å². The molecule has 1 heterocycles. The number of carbonyl (C=O) groups excluding carboxylic acids is 1. The van der Waals surface area contributed by atoms with Gasteiger partial charge in [-0.05, 0) is 25.3 Å². The summed E-state index contributed by atoms with van der Waals surface area (Å²) in [6.45, 7) is 1.96. The minimum atomic E-state index is -0.576. The second-order valence-corrected chi connectivity index (χ2v) is 4.14. The van der Waals surface area contributed by atoms with E-state index >= 15 is 0 Å². The van der Waals surface area contributed by atoms with Crippen molar-refractivity contribution in [3.63, 3.8) is 0 Å². The van der Waals surface area contributed by atoms with Gasteiger partial charge in [0.2, 0.25) is 0 Å². The summed E-state index contributed by atoms with van der Waals surface area (Å²) >= 11 is 0. The fourth-order valence-electron chi connectivity index (χ4n) is 1.91. The van der Waals surface area contributed by atoms with Crippen LogP contribution in [-0.4, -0.2) is 22.8 Å². The predicted octanol–water partition coefficient (Wildman–Crippen LogP) is 1.66. The molecule has 2 aromatic rings. The van der Waals surface area contributed by atoms with E-state index in [0.29, 0.717) is 12.1 Å². The summed E-state index contributed by atoms with van der Waals surface area (Å²) in [6.07, 6.45) is 1.33. The molecule has 19 heavy (non-hydrogen) atoms. The van der Waals surface area contributed by atoms with Gasteiger partial charge in [0.1, 0.15) is 5.56 Å². The number of carbonyl (C=O) groups is 1. The van der Waals surface area contributed by atoms with Gasteiger partial charge in [0.15, 0.2) is 0 Å². The molecule has 1 aromatic carbocycles. The van der Waals surface area contributed by atoms with Crippen molar-refractivity contribution in [1.82, 2.24) is 10.2 Å². The number of H-pyrrole nitrogens is 2. The summed E-state index contributed by atoms with van der Waals surface area (Å²) < 4.78 is 4.88. The minimum Gasteiger partial charge on any atom is -0.462 e. The maximum Gasteiger partial charge on any atom is 0.345 e. The quantitative estimate of drug-likeness (QED) is 0.803. The van der Waals surface area contributed by atoms with Gasteiger partial charge in [-0.15, -0.1) is 0 Å². The molecule has 0 saturated heterocycles. The van der Waals surface area contributed by atoms with Crippen LogP contribution in [0.4, 0.5) is 0 Å². The Morgan fingerprint density at radius 1 is 1.16 bits per heavy atom. The largest absolute Gasteiger partial charge is 0.462 e. The van der Waals surface area contributed by atoms with Crippen LogP contribution in [0.1, 0.15) is 28.5 Å². The van der Waals surface area contributed by atoms with Gasteiger partial charge in [-0.3, -0.25) is 9.89 Å². The van der Waals surface area contributed by atoms with Gasteiger partial charge < -0.3 is 9.84 Å². The Hall–Kier alpha value is -2.30. The van der Waals surface area contributed by atoms with Gasteiger partial charge in [-0.25, -0.2) is 4.79 Å². The van der Waals surface area contributed by atoms with E-state index in [4.69, 9.17) is 4.74 Å². The van der Waals surface area contributed by atoms with Crippen molar-refractivity contribution < 1.29 is 9.53 Å². The van der Waals surface area contributed by atoms with Crippen LogP contribution in [0.2, 0.25) is 0 Å². The fourth-order valence-corrected chi connectivity index (χ4v) is 1.91. The maximum absolute atomic E-state index is 11.7. The number of esters is 1. The molecule has 2 rings (SSSR count). The molecule has 2 N–H and O–H groups in total. The zero-order chi connectivity index (χ0) is 13.7. The third kappa shape index (κ3) is 3.13. The molecule has 0 radical (unpaired) electrons. The highest BCUT2D eigenvalue weighted by atomic mass is 16.5. The molecule has 1 aromatic heterocycles. The van der Waals surface area contributed by atoms with Crippen molar-refractivity contribution in [2.75, 3.05) is 6.61 Å². The molecular formula is C14H16N2O3. The summed E-state index contributed by atoms with van der Waals surface area (Å²) in [5, 5.41) is 5.18. The lowest BCUT2D eigenvalue weighted by atomic mass is 10.1. The highest BCUT2D eigenvalue weighted by Crippen LogP contribution is 2.08. The van der Waals surface area contributed by atoms with Gasteiger partial charge in [0.25, 0.3) is 5.56 Å². The second kappa shape index (κ2) is 6.04. The first-order chi connectivity index (χ1) is 9.22. The van der Waals surface area contributed by atoms with Gasteiger partial charge in [0.05, 0.1) is 12.3 Å². The lowest BCUT2D eigenvalue weighted by Crippen LogP contribution is -2.17. The highest BCUT2D eigenvalue weighted by molar-refractivity contribution is 5.90. The number of hydrogen-bond donors (Lipinski definition) is 2. The number of ether oxygens (including phenoxy) is 1. The SMILES string of the molecule is CCOC(=O)c1c(CCc2ccccc2)[nH][nH]c1=O. The summed E-state index contributed by atoms with van der Waals surface area (Å²) in [5.41, 5.74) is 1.39. The monoisotopic (exact) mass is 260 g/mol. The predicted molar refractivity (Wildman–Crippen MR) is 71.2 cm³/mol. The second-order valence-electron chi connectivity index (χ2n) is 4.14. The van der Waals surface area contributed by atoms with E-state index < -0.39 is 11.5 Å². The van der Waals surface area contributed by atoms with E-state index in [9.17, 15) is 9.59 Å². The number of aryl methyl sites for hydroxylation is 2. The molecule has 100 valence electrons. The van der Waals surface area contributed by atoms with E-state index in [0.717, 1.165) is 12.0 Å². The first-order valence-electron chi connectivity index (χ1n) is 6.23. The number of hydrogen-bond acceptors (Lipinski definition) is 3. The Morgan fingerprint density at radius 3 is 2.58 bits per heavy atom. The summed E-state index contributed by atoms with van der Waals surface area (Å²) in [5.74, 6) is -0.576. The van der Waals surface area contributed by atoms with E-state index in [2.05, 4.69) is 10.2 Å². The molecule has 0 amide bonds. The molecule has 0 aliphatic carbocycles. The molecule has 0 unspecified atom stereocenters. The van der Waals surface area contributed by atoms with Crippen molar-refractivity contribution in [3.8, 4) is 0 Å². The molecule has 0 aliphatic heterocycles. The zero-order valence-electron chi connectivity index (χ0n) is 10.7. The lowest BCUT2D eigenvalue weighted by molar-refractivity contribution is 0.0523. The van der Waals surface area contributed by atoms with E-state index in [-0.39, 0.29) is 12.2 Å². The maximum atomic E-state index is 11.7. The normalized spacial score (nSPS) is 10.4.